The second kappa shape index (κ2) is 6.63. The van der Waals surface area contributed by atoms with Crippen LogP contribution in [0.2, 0.25) is 0 Å². The molecule has 0 aliphatic heterocycles. The first kappa shape index (κ1) is 15.4. The molecule has 0 radical (unpaired) electrons. The molecule has 2 aromatic rings. The maximum Gasteiger partial charge on any atom is 0.255 e. The number of aromatic hydroxyl groups is 2. The van der Waals surface area contributed by atoms with Gasteiger partial charge in [0.05, 0.1) is 10.0 Å². The second-order valence-corrected chi connectivity index (χ2v) is 5.67. The van der Waals surface area contributed by atoms with E-state index in [2.05, 4.69) is 21.2 Å². The molecule has 0 heterocycles. The Kier molecular flexibility index (Phi) is 4.85. The molecule has 5 heteroatoms. The van der Waals surface area contributed by atoms with Gasteiger partial charge < -0.3 is 15.5 Å². The van der Waals surface area contributed by atoms with E-state index in [1.54, 1.807) is 30.3 Å². The van der Waals surface area contributed by atoms with E-state index in [9.17, 15) is 15.0 Å². The number of aryl methyl sites for hydroxylation is 1. The molecule has 0 aliphatic carbocycles. The number of nitrogens with one attached hydrogen (secondary N) is 1. The summed E-state index contributed by atoms with van der Waals surface area (Å²) >= 11 is 3.22. The molecular weight excluding hydrogens is 334 g/mol. The Hall–Kier alpha value is -2.01. The third-order valence-corrected chi connectivity index (χ3v) is 3.67. The SMILES string of the molecule is Cc1cc(Br)c(O)c(C(=O)NCCc2cccc(O)c2)c1. The van der Waals surface area contributed by atoms with Crippen LogP contribution < -0.4 is 5.32 Å². The van der Waals surface area contributed by atoms with Gasteiger partial charge in [-0.25, -0.2) is 0 Å². The fraction of sp³-hybridized carbons (Fsp3) is 0.188. The summed E-state index contributed by atoms with van der Waals surface area (Å²) in [7, 11) is 0. The molecular formula is C16H16BrNO3. The summed E-state index contributed by atoms with van der Waals surface area (Å²) in [6.07, 6.45) is 0.605. The lowest BCUT2D eigenvalue weighted by atomic mass is 10.1. The molecule has 4 nitrogen and oxygen atoms in total. The van der Waals surface area contributed by atoms with Crippen molar-refractivity contribution in [1.82, 2.24) is 5.32 Å². The highest BCUT2D eigenvalue weighted by atomic mass is 79.9. The molecule has 0 atom stereocenters. The third-order valence-electron chi connectivity index (χ3n) is 3.06. The van der Waals surface area contributed by atoms with Crippen LogP contribution in [0.1, 0.15) is 21.5 Å². The van der Waals surface area contributed by atoms with Gasteiger partial charge in [-0.3, -0.25) is 4.79 Å². The van der Waals surface area contributed by atoms with Crippen LogP contribution in [-0.4, -0.2) is 22.7 Å². The number of phenolic OH excluding ortho intramolecular Hbond substituents is 2. The second-order valence-electron chi connectivity index (χ2n) is 4.82. The molecule has 0 aliphatic rings. The first-order valence-corrected chi connectivity index (χ1v) is 7.32. The fourth-order valence-electron chi connectivity index (χ4n) is 2.04. The summed E-state index contributed by atoms with van der Waals surface area (Å²) in [6, 6.07) is 10.3. The topological polar surface area (TPSA) is 69.6 Å². The van der Waals surface area contributed by atoms with Crippen LogP contribution in [0.25, 0.3) is 0 Å². The van der Waals surface area contributed by atoms with E-state index in [1.165, 1.54) is 0 Å². The Morgan fingerprint density at radius 1 is 1.24 bits per heavy atom. The Balaban J connectivity index is 1.99. The van der Waals surface area contributed by atoms with E-state index in [0.29, 0.717) is 17.4 Å². The van der Waals surface area contributed by atoms with E-state index < -0.39 is 0 Å². The van der Waals surface area contributed by atoms with Crippen molar-refractivity contribution in [2.75, 3.05) is 6.54 Å². The number of hydrogen-bond donors (Lipinski definition) is 3. The van der Waals surface area contributed by atoms with Crippen molar-refractivity contribution in [3.63, 3.8) is 0 Å². The van der Waals surface area contributed by atoms with Crippen LogP contribution in [0.4, 0.5) is 0 Å². The van der Waals surface area contributed by atoms with Crippen LogP contribution in [0.5, 0.6) is 11.5 Å². The third kappa shape index (κ3) is 3.98. The number of hydrogen-bond acceptors (Lipinski definition) is 3. The molecule has 0 fully saturated rings. The lowest BCUT2D eigenvalue weighted by Crippen LogP contribution is -2.25. The first-order valence-electron chi connectivity index (χ1n) is 6.52. The van der Waals surface area contributed by atoms with Crippen molar-refractivity contribution in [1.29, 1.82) is 0 Å². The summed E-state index contributed by atoms with van der Waals surface area (Å²) in [5.41, 5.74) is 2.07. The van der Waals surface area contributed by atoms with E-state index in [-0.39, 0.29) is 23.0 Å². The summed E-state index contributed by atoms with van der Waals surface area (Å²) < 4.78 is 0.501. The zero-order chi connectivity index (χ0) is 15.4. The van der Waals surface area contributed by atoms with E-state index in [4.69, 9.17) is 0 Å². The number of carbonyl (C=O) groups is 1. The van der Waals surface area contributed by atoms with Gasteiger partial charge in [0, 0.05) is 6.54 Å². The molecule has 0 spiro atoms. The summed E-state index contributed by atoms with van der Waals surface area (Å²) in [5.74, 6) is -0.174. The van der Waals surface area contributed by atoms with Gasteiger partial charge in [-0.05, 0) is 64.7 Å². The van der Waals surface area contributed by atoms with Crippen LogP contribution in [-0.2, 0) is 6.42 Å². The maximum absolute atomic E-state index is 12.1. The van der Waals surface area contributed by atoms with E-state index in [0.717, 1.165) is 11.1 Å². The Labute approximate surface area is 131 Å². The molecule has 21 heavy (non-hydrogen) atoms. The van der Waals surface area contributed by atoms with Gasteiger partial charge in [-0.15, -0.1) is 0 Å². The Morgan fingerprint density at radius 2 is 2.00 bits per heavy atom. The van der Waals surface area contributed by atoms with Crippen LogP contribution >= 0.6 is 15.9 Å². The van der Waals surface area contributed by atoms with Gasteiger partial charge in [-0.1, -0.05) is 12.1 Å². The predicted molar refractivity (Wildman–Crippen MR) is 84.7 cm³/mol. The zero-order valence-electron chi connectivity index (χ0n) is 11.6. The molecule has 1 amide bonds. The molecule has 0 unspecified atom stereocenters. The molecule has 0 saturated heterocycles. The van der Waals surface area contributed by atoms with Crippen LogP contribution in [0.15, 0.2) is 40.9 Å². The minimum Gasteiger partial charge on any atom is -0.508 e. The van der Waals surface area contributed by atoms with Crippen LogP contribution in [0, 0.1) is 6.92 Å². The van der Waals surface area contributed by atoms with E-state index >= 15 is 0 Å². The number of carbonyl (C=O) groups excluding carboxylic acids is 1. The molecule has 2 rings (SSSR count). The van der Waals surface area contributed by atoms with Crippen molar-refractivity contribution < 1.29 is 15.0 Å². The van der Waals surface area contributed by atoms with Gasteiger partial charge in [0.2, 0.25) is 0 Å². The maximum atomic E-state index is 12.1. The van der Waals surface area contributed by atoms with Crippen molar-refractivity contribution in [3.05, 3.63) is 57.6 Å². The first-order chi connectivity index (χ1) is 9.97. The zero-order valence-corrected chi connectivity index (χ0v) is 13.1. The predicted octanol–water partition coefficient (Wildman–Crippen LogP) is 3.14. The highest BCUT2D eigenvalue weighted by molar-refractivity contribution is 9.10. The number of phenols is 2. The van der Waals surface area contributed by atoms with Gasteiger partial charge in [-0.2, -0.15) is 0 Å². The summed E-state index contributed by atoms with van der Waals surface area (Å²) in [6.45, 7) is 2.28. The number of rotatable bonds is 4. The lowest BCUT2D eigenvalue weighted by molar-refractivity contribution is 0.0951. The minimum absolute atomic E-state index is 0.0598. The van der Waals surface area contributed by atoms with Gasteiger partial charge in [0.15, 0.2) is 0 Å². The van der Waals surface area contributed by atoms with Crippen LogP contribution in [0.3, 0.4) is 0 Å². The van der Waals surface area contributed by atoms with Crippen molar-refractivity contribution in [2.24, 2.45) is 0 Å². The molecule has 110 valence electrons. The highest BCUT2D eigenvalue weighted by Gasteiger charge is 2.14. The monoisotopic (exact) mass is 349 g/mol. The summed E-state index contributed by atoms with van der Waals surface area (Å²) in [5, 5.41) is 22.0. The lowest BCUT2D eigenvalue weighted by Gasteiger charge is -2.09. The van der Waals surface area contributed by atoms with Crippen molar-refractivity contribution >= 4 is 21.8 Å². The largest absolute Gasteiger partial charge is 0.508 e. The Morgan fingerprint density at radius 3 is 2.71 bits per heavy atom. The summed E-state index contributed by atoms with van der Waals surface area (Å²) in [4.78, 5) is 12.1. The van der Waals surface area contributed by atoms with Gasteiger partial charge in [0.25, 0.3) is 5.91 Å². The normalized spacial score (nSPS) is 10.4. The fourth-order valence-corrected chi connectivity index (χ4v) is 2.61. The molecule has 0 bridgehead atoms. The molecule has 0 aromatic heterocycles. The number of benzene rings is 2. The molecule has 2 aromatic carbocycles. The molecule has 0 saturated carbocycles. The quantitative estimate of drug-likeness (QED) is 0.794. The average molecular weight is 350 g/mol. The number of amides is 1. The average Bonchev–Trinajstić information content (AvgIpc) is 2.42. The number of halogens is 1. The van der Waals surface area contributed by atoms with Crippen molar-refractivity contribution in [2.45, 2.75) is 13.3 Å². The standard InChI is InChI=1S/C16H16BrNO3/c1-10-7-13(15(20)14(17)8-10)16(21)18-6-5-11-3-2-4-12(19)9-11/h2-4,7-9,19-20H,5-6H2,1H3,(H,18,21). The minimum atomic E-state index is -0.322. The molecule has 3 N–H and O–H groups in total. The smallest absolute Gasteiger partial charge is 0.255 e. The Bertz CT molecular complexity index is 671. The highest BCUT2D eigenvalue weighted by Crippen LogP contribution is 2.29. The van der Waals surface area contributed by atoms with E-state index in [1.807, 2.05) is 13.0 Å². The van der Waals surface area contributed by atoms with Gasteiger partial charge in [0.1, 0.15) is 11.5 Å². The van der Waals surface area contributed by atoms with Crippen molar-refractivity contribution in [3.8, 4) is 11.5 Å². The van der Waals surface area contributed by atoms with Gasteiger partial charge >= 0.3 is 0 Å².